The first-order valence-corrected chi connectivity index (χ1v) is 13.8. The number of thioether (sulfide) groups is 1. The van der Waals surface area contributed by atoms with Crippen molar-refractivity contribution in [2.75, 3.05) is 30.1 Å². The van der Waals surface area contributed by atoms with Gasteiger partial charge in [-0.3, -0.25) is 9.36 Å². The van der Waals surface area contributed by atoms with Crippen LogP contribution in [0.3, 0.4) is 0 Å². The molecule has 0 spiro atoms. The molecule has 3 aromatic rings. The lowest BCUT2D eigenvalue weighted by Crippen LogP contribution is -2.12. The van der Waals surface area contributed by atoms with E-state index < -0.39 is 7.60 Å². The third-order valence-corrected chi connectivity index (χ3v) is 8.18. The van der Waals surface area contributed by atoms with Gasteiger partial charge in [-0.05, 0) is 68.1 Å². The number of hydrogen-bond acceptors (Lipinski definition) is 6. The minimum atomic E-state index is -3.51. The summed E-state index contributed by atoms with van der Waals surface area (Å²) in [4.78, 5) is 14.4. The van der Waals surface area contributed by atoms with Gasteiger partial charge in [0.05, 0.1) is 29.8 Å². The predicted octanol–water partition coefficient (Wildman–Crippen LogP) is 6.23. The molecule has 0 saturated carbocycles. The Kier molecular flexibility index (Phi) is 7.59. The summed E-state index contributed by atoms with van der Waals surface area (Å²) in [6.45, 7) is 4.04. The van der Waals surface area contributed by atoms with E-state index in [0.717, 1.165) is 16.1 Å². The summed E-state index contributed by atoms with van der Waals surface area (Å²) in [6, 6.07) is 22.9. The van der Waals surface area contributed by atoms with Gasteiger partial charge in [-0.1, -0.05) is 30.3 Å². The maximum Gasteiger partial charge on any atom is 0.361 e. The van der Waals surface area contributed by atoms with Gasteiger partial charge in [0.2, 0.25) is 0 Å². The van der Waals surface area contributed by atoms with Crippen LogP contribution >= 0.6 is 19.4 Å². The van der Waals surface area contributed by atoms with Crippen LogP contribution < -0.4 is 15.9 Å². The molecule has 1 aliphatic heterocycles. The molecule has 3 aromatic carbocycles. The minimum Gasteiger partial charge on any atom is -0.354 e. The SMILES string of the molecule is CCOP(=O)(OCC)c1ccc2c(c1)C(=C(Nc1ccc(SC)cc1)c1ccccc1)C(=O)N2. The molecule has 0 aliphatic carbocycles. The van der Waals surface area contributed by atoms with Gasteiger partial charge in [0.15, 0.2) is 0 Å². The number of amides is 1. The van der Waals surface area contributed by atoms with Gasteiger partial charge >= 0.3 is 7.60 Å². The maximum absolute atomic E-state index is 13.4. The summed E-state index contributed by atoms with van der Waals surface area (Å²) >= 11 is 1.67. The fraction of sp³-hybridized carbons (Fsp3) is 0.192. The van der Waals surface area contributed by atoms with E-state index in [1.165, 1.54) is 0 Å². The van der Waals surface area contributed by atoms with Crippen LogP contribution in [-0.4, -0.2) is 25.4 Å². The normalized spacial score (nSPS) is 14.5. The van der Waals surface area contributed by atoms with Crippen molar-refractivity contribution >= 4 is 53.2 Å². The molecule has 0 fully saturated rings. The van der Waals surface area contributed by atoms with E-state index >= 15 is 0 Å². The standard InChI is InChI=1S/C26H27N2O4PS/c1-4-31-33(30,32-5-2)20-13-16-23-22(17-20)24(26(29)28-23)25(18-9-7-6-8-10-18)27-19-11-14-21(34-3)15-12-19/h6-17,27H,4-5H2,1-3H3,(H,28,29). The lowest BCUT2D eigenvalue weighted by atomic mass is 10.00. The highest BCUT2D eigenvalue weighted by Crippen LogP contribution is 2.48. The van der Waals surface area contributed by atoms with Crippen LogP contribution in [0.4, 0.5) is 11.4 Å². The summed E-state index contributed by atoms with van der Waals surface area (Å²) in [5.74, 6) is -0.234. The van der Waals surface area contributed by atoms with E-state index in [1.807, 2.05) is 60.9 Å². The van der Waals surface area contributed by atoms with Gasteiger partial charge in [-0.2, -0.15) is 0 Å². The molecular weight excluding hydrogens is 467 g/mol. The number of carbonyl (C=O) groups is 1. The number of benzene rings is 3. The molecule has 0 radical (unpaired) electrons. The zero-order chi connectivity index (χ0) is 24.1. The molecular formula is C26H27N2O4PS. The smallest absolute Gasteiger partial charge is 0.354 e. The molecule has 4 rings (SSSR count). The number of anilines is 2. The van der Waals surface area contributed by atoms with Gasteiger partial charge < -0.3 is 19.7 Å². The van der Waals surface area contributed by atoms with Crippen LogP contribution in [0.1, 0.15) is 25.0 Å². The molecule has 1 amide bonds. The molecule has 6 nitrogen and oxygen atoms in total. The summed E-state index contributed by atoms with van der Waals surface area (Å²) in [5.41, 5.74) is 4.14. The van der Waals surface area contributed by atoms with Crippen molar-refractivity contribution < 1.29 is 18.4 Å². The topological polar surface area (TPSA) is 76.7 Å². The van der Waals surface area contributed by atoms with E-state index in [-0.39, 0.29) is 19.1 Å². The van der Waals surface area contributed by atoms with Crippen molar-refractivity contribution in [3.8, 4) is 0 Å². The van der Waals surface area contributed by atoms with Crippen molar-refractivity contribution in [3.63, 3.8) is 0 Å². The Morgan fingerprint density at radius 3 is 2.26 bits per heavy atom. The first kappa shape index (κ1) is 24.3. The quantitative estimate of drug-likeness (QED) is 0.209. The molecule has 0 saturated heterocycles. The van der Waals surface area contributed by atoms with Crippen LogP contribution in [0.2, 0.25) is 0 Å². The van der Waals surface area contributed by atoms with E-state index in [9.17, 15) is 9.36 Å². The molecule has 1 heterocycles. The maximum atomic E-state index is 13.4. The fourth-order valence-electron chi connectivity index (χ4n) is 3.80. The van der Waals surface area contributed by atoms with Gasteiger partial charge in [-0.15, -0.1) is 11.8 Å². The summed E-state index contributed by atoms with van der Waals surface area (Å²) in [7, 11) is -3.51. The molecule has 176 valence electrons. The summed E-state index contributed by atoms with van der Waals surface area (Å²) < 4.78 is 24.5. The highest BCUT2D eigenvalue weighted by atomic mass is 32.2. The second-order valence-corrected chi connectivity index (χ2v) is 10.4. The van der Waals surface area contributed by atoms with Crippen molar-refractivity contribution in [1.29, 1.82) is 0 Å². The molecule has 8 heteroatoms. The lowest BCUT2D eigenvalue weighted by Gasteiger charge is -2.18. The Morgan fingerprint density at radius 1 is 0.971 bits per heavy atom. The van der Waals surface area contributed by atoms with Gasteiger partial charge in [-0.25, -0.2) is 0 Å². The highest BCUT2D eigenvalue weighted by Gasteiger charge is 2.33. The average molecular weight is 495 g/mol. The Bertz CT molecular complexity index is 1250. The largest absolute Gasteiger partial charge is 0.361 e. The van der Waals surface area contributed by atoms with Gasteiger partial charge in [0.1, 0.15) is 0 Å². The lowest BCUT2D eigenvalue weighted by molar-refractivity contribution is -0.110. The number of carbonyl (C=O) groups excluding carboxylic acids is 1. The van der Waals surface area contributed by atoms with Crippen LogP contribution in [0, 0.1) is 0 Å². The van der Waals surface area contributed by atoms with E-state index in [0.29, 0.717) is 27.8 Å². The monoisotopic (exact) mass is 494 g/mol. The van der Waals surface area contributed by atoms with Crippen molar-refractivity contribution in [2.24, 2.45) is 0 Å². The predicted molar refractivity (Wildman–Crippen MR) is 141 cm³/mol. The first-order chi connectivity index (χ1) is 16.5. The zero-order valence-corrected chi connectivity index (χ0v) is 21.0. The van der Waals surface area contributed by atoms with Crippen molar-refractivity contribution in [2.45, 2.75) is 18.7 Å². The number of nitrogens with one attached hydrogen (secondary N) is 2. The average Bonchev–Trinajstić information content (AvgIpc) is 3.18. The first-order valence-electron chi connectivity index (χ1n) is 11.0. The van der Waals surface area contributed by atoms with E-state index in [4.69, 9.17) is 9.05 Å². The zero-order valence-electron chi connectivity index (χ0n) is 19.3. The van der Waals surface area contributed by atoms with Crippen LogP contribution in [0.25, 0.3) is 11.3 Å². The molecule has 0 unspecified atom stereocenters. The number of hydrogen-bond donors (Lipinski definition) is 2. The summed E-state index contributed by atoms with van der Waals surface area (Å²) in [5, 5.41) is 6.80. The van der Waals surface area contributed by atoms with Crippen molar-refractivity contribution in [3.05, 3.63) is 83.9 Å². The van der Waals surface area contributed by atoms with Crippen LogP contribution in [0.15, 0.2) is 77.7 Å². The number of rotatable bonds is 9. The molecule has 2 N–H and O–H groups in total. The van der Waals surface area contributed by atoms with E-state index in [2.05, 4.69) is 10.6 Å². The van der Waals surface area contributed by atoms with Gasteiger partial charge in [0, 0.05) is 21.8 Å². The molecule has 0 aromatic heterocycles. The minimum absolute atomic E-state index is 0.234. The Balaban J connectivity index is 1.87. The van der Waals surface area contributed by atoms with Gasteiger partial charge in [0.25, 0.3) is 5.91 Å². The highest BCUT2D eigenvalue weighted by molar-refractivity contribution is 7.98. The fourth-order valence-corrected chi connectivity index (χ4v) is 5.81. The molecule has 1 aliphatic rings. The Labute approximate surface area is 204 Å². The molecule has 34 heavy (non-hydrogen) atoms. The van der Waals surface area contributed by atoms with Crippen LogP contribution in [0.5, 0.6) is 0 Å². The second-order valence-electron chi connectivity index (χ2n) is 7.49. The molecule has 0 bridgehead atoms. The van der Waals surface area contributed by atoms with Crippen LogP contribution in [-0.2, 0) is 18.4 Å². The molecule has 0 atom stereocenters. The third kappa shape index (κ3) is 4.98. The third-order valence-electron chi connectivity index (χ3n) is 5.33. The van der Waals surface area contributed by atoms with E-state index in [1.54, 1.807) is 43.8 Å². The van der Waals surface area contributed by atoms with Crippen molar-refractivity contribution in [1.82, 2.24) is 0 Å². The number of fused-ring (bicyclic) bond motifs is 1. The summed E-state index contributed by atoms with van der Waals surface area (Å²) in [6.07, 6.45) is 2.03. The Hall–Kier alpha value is -2.83. The Morgan fingerprint density at radius 2 is 1.65 bits per heavy atom. The second kappa shape index (κ2) is 10.6.